The summed E-state index contributed by atoms with van der Waals surface area (Å²) < 4.78 is 0. The minimum absolute atomic E-state index is 0. The Bertz CT molecular complexity index is 164. The van der Waals surface area contributed by atoms with Crippen LogP contribution in [0.1, 0.15) is 2.85 Å². The molecule has 4 heteroatoms. The molecule has 0 radical (unpaired) electrons. The average Bonchev–Trinajstić information content (AvgIpc) is 1.77. The number of hydrogen-bond donors (Lipinski definition) is 0. The van der Waals surface area contributed by atoms with Crippen molar-refractivity contribution in [2.45, 2.75) is 0 Å². The summed E-state index contributed by atoms with van der Waals surface area (Å²) in [5.41, 5.74) is 0. The van der Waals surface area contributed by atoms with Gasteiger partial charge in [-0.05, 0) is 24.3 Å². The number of hydrogen-bond acceptors (Lipinski definition) is 2. The molecule has 1 rings (SSSR count). The van der Waals surface area contributed by atoms with Crippen molar-refractivity contribution < 1.29 is 71.6 Å². The quantitative estimate of drug-likeness (QED) is 0.259. The van der Waals surface area contributed by atoms with Crippen molar-refractivity contribution in [3.8, 4) is 0 Å². The second kappa shape index (κ2) is 6.53. The Morgan fingerprint density at radius 3 is 1.20 bits per heavy atom. The number of rotatable bonds is 0. The Balaban J connectivity index is -0.0000000800. The van der Waals surface area contributed by atoms with E-state index in [1.807, 2.05) is 0 Å². The van der Waals surface area contributed by atoms with Crippen molar-refractivity contribution in [1.29, 1.82) is 0 Å². The zero-order valence-electron chi connectivity index (χ0n) is 8.13. The normalized spacial score (nSPS) is 14.0. The maximum absolute atomic E-state index is 10.3. The van der Waals surface area contributed by atoms with E-state index in [9.17, 15) is 9.59 Å². The van der Waals surface area contributed by atoms with Crippen molar-refractivity contribution in [1.82, 2.24) is 0 Å². The van der Waals surface area contributed by atoms with Gasteiger partial charge in [0.25, 0.3) is 0 Å². The van der Waals surface area contributed by atoms with Gasteiger partial charge in [0.15, 0.2) is 11.6 Å². The molecule has 10 heavy (non-hydrogen) atoms. The van der Waals surface area contributed by atoms with Gasteiger partial charge in [0.1, 0.15) is 0 Å². The molecule has 0 N–H and O–H groups in total. The smallest absolute Gasteiger partial charge is 1.00 e. The molecule has 0 aromatic heterocycles. The Morgan fingerprint density at radius 1 is 0.800 bits per heavy atom. The SMILES string of the molecule is O=C1C=CC(=O)C=C1.[H-].[H-].[Na+].[Na+]. The van der Waals surface area contributed by atoms with Crippen molar-refractivity contribution in [2.75, 3.05) is 0 Å². The van der Waals surface area contributed by atoms with Crippen LogP contribution in [0.15, 0.2) is 24.3 Å². The predicted molar refractivity (Wildman–Crippen MR) is 30.5 cm³/mol. The summed E-state index contributed by atoms with van der Waals surface area (Å²) in [6.45, 7) is 0. The molecule has 44 valence electrons. The molecule has 0 saturated carbocycles. The summed E-state index contributed by atoms with van der Waals surface area (Å²) >= 11 is 0. The predicted octanol–water partition coefficient (Wildman–Crippen LogP) is -5.52. The second-order valence-electron chi connectivity index (χ2n) is 1.47. The standard InChI is InChI=1S/C6H4O2.2Na.2H/c7-5-1-2-6(8)4-3-5;;;;/h1-4H;;;;/q;2*+1;2*-1. The van der Waals surface area contributed by atoms with E-state index in [1.165, 1.54) is 24.3 Å². The minimum Gasteiger partial charge on any atom is -1.00 e. The summed E-state index contributed by atoms with van der Waals surface area (Å²) in [6, 6.07) is 0. The first kappa shape index (κ1) is 13.4. The zero-order chi connectivity index (χ0) is 5.98. The summed E-state index contributed by atoms with van der Waals surface area (Å²) in [5, 5.41) is 0. The van der Waals surface area contributed by atoms with Crippen LogP contribution in [-0.2, 0) is 9.59 Å². The van der Waals surface area contributed by atoms with Crippen molar-refractivity contribution >= 4 is 11.6 Å². The summed E-state index contributed by atoms with van der Waals surface area (Å²) in [5.74, 6) is -0.241. The number of carbonyl (C=O) groups excluding carboxylic acids is 2. The third-order valence-electron chi connectivity index (χ3n) is 0.824. The molecule has 0 saturated heterocycles. The Morgan fingerprint density at radius 2 is 1.00 bits per heavy atom. The van der Waals surface area contributed by atoms with Crippen molar-refractivity contribution in [3.63, 3.8) is 0 Å². The molecule has 0 unspecified atom stereocenters. The zero-order valence-corrected chi connectivity index (χ0v) is 10.1. The molecule has 1 aliphatic rings. The Hall–Kier alpha value is 0.820. The van der Waals surface area contributed by atoms with E-state index in [-0.39, 0.29) is 73.5 Å². The van der Waals surface area contributed by atoms with Crippen molar-refractivity contribution in [2.24, 2.45) is 0 Å². The number of carbonyl (C=O) groups is 2. The van der Waals surface area contributed by atoms with E-state index >= 15 is 0 Å². The molecule has 0 bridgehead atoms. The minimum atomic E-state index is -0.121. The fraction of sp³-hybridized carbons (Fsp3) is 0. The van der Waals surface area contributed by atoms with Crippen LogP contribution in [-0.4, -0.2) is 11.6 Å². The van der Waals surface area contributed by atoms with E-state index in [4.69, 9.17) is 0 Å². The van der Waals surface area contributed by atoms with E-state index in [2.05, 4.69) is 0 Å². The fourth-order valence-electron chi connectivity index (χ4n) is 0.440. The number of ketones is 2. The second-order valence-corrected chi connectivity index (χ2v) is 1.47. The first-order valence-electron chi connectivity index (χ1n) is 2.23. The van der Waals surface area contributed by atoms with Crippen LogP contribution in [0.4, 0.5) is 0 Å². The molecule has 0 aromatic carbocycles. The van der Waals surface area contributed by atoms with Crippen molar-refractivity contribution in [3.05, 3.63) is 24.3 Å². The molecule has 0 heterocycles. The van der Waals surface area contributed by atoms with Gasteiger partial charge in [-0.3, -0.25) is 9.59 Å². The van der Waals surface area contributed by atoms with Crippen LogP contribution < -0.4 is 59.1 Å². The van der Waals surface area contributed by atoms with Gasteiger partial charge in [0, 0.05) is 0 Å². The van der Waals surface area contributed by atoms with Crippen LogP contribution in [0.25, 0.3) is 0 Å². The van der Waals surface area contributed by atoms with Gasteiger partial charge >= 0.3 is 59.1 Å². The van der Waals surface area contributed by atoms with Crippen LogP contribution >= 0.6 is 0 Å². The molecule has 1 aliphatic carbocycles. The van der Waals surface area contributed by atoms with Gasteiger partial charge in [0.05, 0.1) is 0 Å². The molecule has 0 amide bonds. The molecule has 2 nitrogen and oxygen atoms in total. The number of allylic oxidation sites excluding steroid dienone is 4. The summed E-state index contributed by atoms with van der Waals surface area (Å²) in [7, 11) is 0. The van der Waals surface area contributed by atoms with Gasteiger partial charge in [-0.15, -0.1) is 0 Å². The van der Waals surface area contributed by atoms with Crippen LogP contribution in [0.2, 0.25) is 0 Å². The topological polar surface area (TPSA) is 34.1 Å². The third-order valence-corrected chi connectivity index (χ3v) is 0.824. The monoisotopic (exact) mass is 156 g/mol. The van der Waals surface area contributed by atoms with E-state index in [0.717, 1.165) is 0 Å². The Labute approximate surface area is 106 Å². The average molecular weight is 156 g/mol. The van der Waals surface area contributed by atoms with Gasteiger partial charge < -0.3 is 2.85 Å². The van der Waals surface area contributed by atoms with Crippen LogP contribution in [0, 0.1) is 0 Å². The first-order chi connectivity index (χ1) is 3.79. The fourth-order valence-corrected chi connectivity index (χ4v) is 0.440. The summed E-state index contributed by atoms with van der Waals surface area (Å²) in [6.07, 6.45) is 5.01. The third kappa shape index (κ3) is 4.61. The van der Waals surface area contributed by atoms with Gasteiger partial charge in [-0.1, -0.05) is 0 Å². The van der Waals surface area contributed by atoms with E-state index < -0.39 is 0 Å². The molecule has 0 fully saturated rings. The maximum Gasteiger partial charge on any atom is 1.00 e. The molecule has 0 spiro atoms. The molecular formula is C6H6Na2O2. The molecule has 0 aliphatic heterocycles. The largest absolute Gasteiger partial charge is 1.00 e. The van der Waals surface area contributed by atoms with E-state index in [0.29, 0.717) is 0 Å². The van der Waals surface area contributed by atoms with Crippen LogP contribution in [0.5, 0.6) is 0 Å². The van der Waals surface area contributed by atoms with Gasteiger partial charge in [-0.25, -0.2) is 0 Å². The molecule has 0 atom stereocenters. The summed E-state index contributed by atoms with van der Waals surface area (Å²) in [4.78, 5) is 20.6. The Kier molecular flexibility index (Phi) is 8.75. The molecule has 0 aromatic rings. The first-order valence-corrected chi connectivity index (χ1v) is 2.23. The van der Waals surface area contributed by atoms with E-state index in [1.54, 1.807) is 0 Å². The molecular weight excluding hydrogens is 150 g/mol. The van der Waals surface area contributed by atoms with Crippen LogP contribution in [0.3, 0.4) is 0 Å². The van der Waals surface area contributed by atoms with Gasteiger partial charge in [-0.2, -0.15) is 0 Å². The maximum atomic E-state index is 10.3. The van der Waals surface area contributed by atoms with Gasteiger partial charge in [0.2, 0.25) is 0 Å².